The highest BCUT2D eigenvalue weighted by atomic mass is 127. The van der Waals surface area contributed by atoms with E-state index in [0.717, 1.165) is 25.7 Å². The van der Waals surface area contributed by atoms with Crippen molar-refractivity contribution in [3.8, 4) is 0 Å². The minimum absolute atomic E-state index is 0.134. The lowest BCUT2D eigenvalue weighted by molar-refractivity contribution is -0.138. The third-order valence-corrected chi connectivity index (χ3v) is 4.86. The largest absolute Gasteiger partial charge is 0.480 e. The van der Waals surface area contributed by atoms with Crippen LogP contribution >= 0.6 is 22.6 Å². The van der Waals surface area contributed by atoms with E-state index in [-0.39, 0.29) is 9.34 Å². The highest BCUT2D eigenvalue weighted by Crippen LogP contribution is 2.41. The molecule has 0 bridgehead atoms. The molecular weight excluding hydrogens is 281 g/mol. The molecule has 0 aromatic carbocycles. The van der Waals surface area contributed by atoms with Gasteiger partial charge in [-0.3, -0.25) is 4.79 Å². The van der Waals surface area contributed by atoms with Crippen molar-refractivity contribution in [2.24, 2.45) is 11.1 Å². The van der Waals surface area contributed by atoms with Gasteiger partial charge in [0.25, 0.3) is 0 Å². The number of nitrogens with two attached hydrogens (primary N) is 1. The quantitative estimate of drug-likeness (QED) is 0.616. The molecule has 1 unspecified atom stereocenters. The van der Waals surface area contributed by atoms with Crippen LogP contribution in [0.3, 0.4) is 0 Å². The van der Waals surface area contributed by atoms with Gasteiger partial charge in [0.15, 0.2) is 0 Å². The van der Waals surface area contributed by atoms with Crippen molar-refractivity contribution >= 4 is 28.6 Å². The Hall–Kier alpha value is 0.160. The molecule has 1 rings (SSSR count). The SMILES string of the molecule is NCC1(C(I)C(=O)O)CCCCC1. The molecule has 13 heavy (non-hydrogen) atoms. The minimum atomic E-state index is -0.715. The van der Waals surface area contributed by atoms with Crippen LogP contribution in [0.2, 0.25) is 0 Å². The van der Waals surface area contributed by atoms with E-state index in [0.29, 0.717) is 6.54 Å². The third-order valence-electron chi connectivity index (χ3n) is 3.01. The Labute approximate surface area is 92.2 Å². The van der Waals surface area contributed by atoms with Crippen molar-refractivity contribution in [1.82, 2.24) is 0 Å². The van der Waals surface area contributed by atoms with E-state index < -0.39 is 5.97 Å². The molecule has 1 aliphatic carbocycles. The second-order valence-electron chi connectivity index (χ2n) is 3.83. The molecule has 1 aliphatic rings. The number of carboxylic acids is 1. The van der Waals surface area contributed by atoms with E-state index in [2.05, 4.69) is 0 Å². The average Bonchev–Trinajstić information content (AvgIpc) is 2.17. The van der Waals surface area contributed by atoms with Crippen LogP contribution in [0.15, 0.2) is 0 Å². The topological polar surface area (TPSA) is 63.3 Å². The Balaban J connectivity index is 2.72. The van der Waals surface area contributed by atoms with Crippen LogP contribution < -0.4 is 5.73 Å². The molecule has 3 N–H and O–H groups in total. The number of alkyl halides is 1. The van der Waals surface area contributed by atoms with Crippen molar-refractivity contribution < 1.29 is 9.90 Å². The second kappa shape index (κ2) is 4.59. The summed E-state index contributed by atoms with van der Waals surface area (Å²) in [5, 5.41) is 8.97. The average molecular weight is 297 g/mol. The molecule has 3 nitrogen and oxygen atoms in total. The molecule has 1 saturated carbocycles. The van der Waals surface area contributed by atoms with E-state index in [4.69, 9.17) is 10.8 Å². The highest BCUT2D eigenvalue weighted by molar-refractivity contribution is 14.1. The van der Waals surface area contributed by atoms with Gasteiger partial charge in [-0.2, -0.15) is 0 Å². The van der Waals surface area contributed by atoms with Crippen molar-refractivity contribution in [1.29, 1.82) is 0 Å². The standard InChI is InChI=1S/C9H16INO2/c10-7(8(12)13)9(6-11)4-2-1-3-5-9/h7H,1-6,11H2,(H,12,13). The Kier molecular flexibility index (Phi) is 3.97. The fourth-order valence-corrected chi connectivity index (χ4v) is 2.96. The van der Waals surface area contributed by atoms with E-state index in [9.17, 15) is 4.79 Å². The van der Waals surface area contributed by atoms with Gasteiger partial charge in [0, 0.05) is 5.41 Å². The van der Waals surface area contributed by atoms with E-state index in [1.807, 2.05) is 22.6 Å². The molecule has 0 saturated heterocycles. The van der Waals surface area contributed by atoms with Crippen LogP contribution in [0.4, 0.5) is 0 Å². The highest BCUT2D eigenvalue weighted by Gasteiger charge is 2.41. The fraction of sp³-hybridized carbons (Fsp3) is 0.889. The predicted molar refractivity (Wildman–Crippen MR) is 60.0 cm³/mol. The number of hydrogen-bond acceptors (Lipinski definition) is 2. The summed E-state index contributed by atoms with van der Waals surface area (Å²) in [7, 11) is 0. The van der Waals surface area contributed by atoms with Crippen LogP contribution in [0.5, 0.6) is 0 Å². The molecule has 0 spiro atoms. The molecule has 1 atom stereocenters. The van der Waals surface area contributed by atoms with Gasteiger partial charge in [0.2, 0.25) is 0 Å². The maximum Gasteiger partial charge on any atom is 0.317 e. The monoisotopic (exact) mass is 297 g/mol. The number of carboxylic acid groups (broad SMARTS) is 1. The summed E-state index contributed by atoms with van der Waals surface area (Å²) in [4.78, 5) is 10.9. The molecule has 4 heteroatoms. The Morgan fingerprint density at radius 3 is 2.38 bits per heavy atom. The lowest BCUT2D eigenvalue weighted by Crippen LogP contribution is -2.44. The molecule has 0 aliphatic heterocycles. The van der Waals surface area contributed by atoms with Crippen LogP contribution in [0.25, 0.3) is 0 Å². The number of halogens is 1. The van der Waals surface area contributed by atoms with Gasteiger partial charge >= 0.3 is 5.97 Å². The number of carbonyl (C=O) groups is 1. The smallest absolute Gasteiger partial charge is 0.317 e. The number of rotatable bonds is 3. The van der Waals surface area contributed by atoms with Crippen molar-refractivity contribution in [3.63, 3.8) is 0 Å². The lowest BCUT2D eigenvalue weighted by atomic mass is 9.72. The first-order valence-corrected chi connectivity index (χ1v) is 5.94. The molecule has 0 aromatic rings. The Bertz CT molecular complexity index is 190. The molecule has 0 aromatic heterocycles. The second-order valence-corrected chi connectivity index (χ2v) is 5.07. The van der Waals surface area contributed by atoms with Crippen molar-refractivity contribution in [3.05, 3.63) is 0 Å². The summed E-state index contributed by atoms with van der Waals surface area (Å²) < 4.78 is -0.324. The zero-order valence-electron chi connectivity index (χ0n) is 7.63. The fourth-order valence-electron chi connectivity index (χ4n) is 2.08. The number of aliphatic carboxylic acids is 1. The maximum atomic E-state index is 10.9. The van der Waals surface area contributed by atoms with Crippen LogP contribution in [-0.4, -0.2) is 21.5 Å². The zero-order valence-corrected chi connectivity index (χ0v) is 9.79. The first-order chi connectivity index (χ1) is 6.12. The molecule has 0 radical (unpaired) electrons. The lowest BCUT2D eigenvalue weighted by Gasteiger charge is -2.38. The van der Waals surface area contributed by atoms with Crippen molar-refractivity contribution in [2.45, 2.75) is 36.0 Å². The van der Waals surface area contributed by atoms with E-state index in [1.54, 1.807) is 0 Å². The van der Waals surface area contributed by atoms with Gasteiger partial charge in [-0.05, 0) is 19.4 Å². The summed E-state index contributed by atoms with van der Waals surface area (Å²) in [6.45, 7) is 0.507. The summed E-state index contributed by atoms with van der Waals surface area (Å²) >= 11 is 2.02. The molecule has 76 valence electrons. The van der Waals surface area contributed by atoms with Crippen LogP contribution in [0.1, 0.15) is 32.1 Å². The van der Waals surface area contributed by atoms with Crippen LogP contribution in [0, 0.1) is 5.41 Å². The molecule has 1 fully saturated rings. The summed E-state index contributed by atoms with van der Waals surface area (Å²) in [6, 6.07) is 0. The Morgan fingerprint density at radius 2 is 2.00 bits per heavy atom. The van der Waals surface area contributed by atoms with Crippen molar-refractivity contribution in [2.75, 3.05) is 6.54 Å². The summed E-state index contributed by atoms with van der Waals surface area (Å²) in [5.41, 5.74) is 5.57. The Morgan fingerprint density at radius 1 is 1.46 bits per heavy atom. The van der Waals surface area contributed by atoms with Gasteiger partial charge in [-0.1, -0.05) is 41.9 Å². The third kappa shape index (κ3) is 2.34. The predicted octanol–water partition coefficient (Wildman–Crippen LogP) is 1.78. The first-order valence-electron chi connectivity index (χ1n) is 4.69. The zero-order chi connectivity index (χ0) is 9.90. The van der Waals surface area contributed by atoms with Gasteiger partial charge < -0.3 is 10.8 Å². The number of hydrogen-bond donors (Lipinski definition) is 2. The van der Waals surface area contributed by atoms with Gasteiger partial charge in [-0.15, -0.1) is 0 Å². The molecule has 0 amide bonds. The van der Waals surface area contributed by atoms with E-state index in [1.165, 1.54) is 6.42 Å². The molecular formula is C9H16INO2. The summed E-state index contributed by atoms with van der Waals surface area (Å²) in [5.74, 6) is -0.715. The minimum Gasteiger partial charge on any atom is -0.480 e. The van der Waals surface area contributed by atoms with E-state index >= 15 is 0 Å². The van der Waals surface area contributed by atoms with Gasteiger partial charge in [0.05, 0.1) is 0 Å². The summed E-state index contributed by atoms with van der Waals surface area (Å²) in [6.07, 6.45) is 5.44. The maximum absolute atomic E-state index is 10.9. The first kappa shape index (κ1) is 11.2. The van der Waals surface area contributed by atoms with Crippen LogP contribution in [-0.2, 0) is 4.79 Å². The normalized spacial score (nSPS) is 23.8. The van der Waals surface area contributed by atoms with Gasteiger partial charge in [0.1, 0.15) is 3.92 Å². The molecule has 0 heterocycles. The van der Waals surface area contributed by atoms with Gasteiger partial charge in [-0.25, -0.2) is 0 Å².